The van der Waals surface area contributed by atoms with E-state index in [1.54, 1.807) is 0 Å². The molecular weight excluding hydrogens is 118 g/mol. The van der Waals surface area contributed by atoms with E-state index >= 15 is 0 Å². The first-order chi connectivity index (χ1) is 4.20. The predicted octanol–water partition coefficient (Wildman–Crippen LogP) is -0.354. The van der Waals surface area contributed by atoms with Gasteiger partial charge >= 0.3 is 0 Å². The molecule has 2 N–H and O–H groups in total. The molecule has 1 aliphatic rings. The third kappa shape index (κ3) is 1.42. The maximum atomic E-state index is 10.6. The quantitative estimate of drug-likeness (QED) is 0.469. The minimum atomic E-state index is -0.763. The van der Waals surface area contributed by atoms with Crippen molar-refractivity contribution < 1.29 is 9.90 Å². The average molecular weight is 129 g/mol. The molecule has 9 heavy (non-hydrogen) atoms. The van der Waals surface area contributed by atoms with Crippen LogP contribution in [0.1, 0.15) is 19.8 Å². The number of aliphatic hydroxyl groups is 1. The van der Waals surface area contributed by atoms with E-state index in [1.165, 1.54) is 0 Å². The van der Waals surface area contributed by atoms with Crippen LogP contribution in [0.5, 0.6) is 0 Å². The van der Waals surface area contributed by atoms with Gasteiger partial charge in [-0.1, -0.05) is 0 Å². The number of amides is 1. The molecule has 0 bridgehead atoms. The Labute approximate surface area is 54.1 Å². The lowest BCUT2D eigenvalue weighted by atomic mass is 10.0. The Kier molecular flexibility index (Phi) is 1.71. The fraction of sp³-hybridized carbons (Fsp3) is 0.833. The molecule has 0 aromatic rings. The summed E-state index contributed by atoms with van der Waals surface area (Å²) in [5, 5.41) is 11.5. The second-order valence-corrected chi connectivity index (χ2v) is 2.50. The number of hydrogen-bond acceptors (Lipinski definition) is 2. The molecule has 0 aromatic carbocycles. The summed E-state index contributed by atoms with van der Waals surface area (Å²) in [6.07, 6.45) is 0.723. The van der Waals surface area contributed by atoms with Crippen LogP contribution in [0.3, 0.4) is 0 Å². The van der Waals surface area contributed by atoms with Gasteiger partial charge in [0.25, 0.3) is 0 Å². The van der Waals surface area contributed by atoms with Crippen molar-refractivity contribution in [3.8, 4) is 0 Å². The van der Waals surface area contributed by atoms with E-state index in [0.29, 0.717) is 6.42 Å². The van der Waals surface area contributed by atoms with Gasteiger partial charge in [-0.05, 0) is 19.8 Å². The monoisotopic (exact) mass is 129 g/mol. The van der Waals surface area contributed by atoms with Gasteiger partial charge in [0.1, 0.15) is 6.10 Å². The van der Waals surface area contributed by atoms with E-state index < -0.39 is 6.10 Å². The third-order valence-corrected chi connectivity index (χ3v) is 1.56. The molecule has 1 fully saturated rings. The van der Waals surface area contributed by atoms with Gasteiger partial charge in [0.05, 0.1) is 0 Å². The van der Waals surface area contributed by atoms with Gasteiger partial charge in [0, 0.05) is 6.04 Å². The molecule has 1 amide bonds. The Balaban J connectivity index is 2.44. The summed E-state index contributed by atoms with van der Waals surface area (Å²) >= 11 is 0. The van der Waals surface area contributed by atoms with Crippen molar-refractivity contribution in [1.29, 1.82) is 0 Å². The standard InChI is InChI=1S/C6H11NO2/c1-4-2-3-5(8)6(9)7-4/h4-5,8H,2-3H2,1H3,(H,7,9)/t4-,5-/m0/s1. The predicted molar refractivity (Wildman–Crippen MR) is 32.8 cm³/mol. The zero-order valence-corrected chi connectivity index (χ0v) is 5.42. The van der Waals surface area contributed by atoms with E-state index in [2.05, 4.69) is 5.32 Å². The zero-order chi connectivity index (χ0) is 6.85. The molecule has 1 aliphatic heterocycles. The Morgan fingerprint density at radius 3 is 2.78 bits per heavy atom. The minimum absolute atomic E-state index is 0.228. The van der Waals surface area contributed by atoms with Crippen LogP contribution in [0.4, 0.5) is 0 Å². The van der Waals surface area contributed by atoms with Crippen LogP contribution in [0, 0.1) is 0 Å². The summed E-state index contributed by atoms with van der Waals surface area (Å²) in [4.78, 5) is 10.6. The highest BCUT2D eigenvalue weighted by molar-refractivity contribution is 5.81. The molecule has 0 aromatic heterocycles. The molecular formula is C6H11NO2. The first kappa shape index (κ1) is 6.55. The lowest BCUT2D eigenvalue weighted by Crippen LogP contribution is -2.45. The first-order valence-electron chi connectivity index (χ1n) is 3.18. The van der Waals surface area contributed by atoms with Gasteiger partial charge in [0.15, 0.2) is 0 Å². The van der Waals surface area contributed by atoms with Crippen molar-refractivity contribution in [2.45, 2.75) is 31.9 Å². The number of hydrogen-bond donors (Lipinski definition) is 2. The molecule has 0 spiro atoms. The van der Waals surface area contributed by atoms with E-state index in [0.717, 1.165) is 6.42 Å². The number of carbonyl (C=O) groups is 1. The summed E-state index contributed by atoms with van der Waals surface area (Å²) < 4.78 is 0. The Bertz CT molecular complexity index is 124. The molecule has 1 rings (SSSR count). The van der Waals surface area contributed by atoms with E-state index in [-0.39, 0.29) is 11.9 Å². The SMILES string of the molecule is C[C@H]1CC[C@H](O)C(=O)N1. The highest BCUT2D eigenvalue weighted by Crippen LogP contribution is 2.07. The Morgan fingerprint density at radius 2 is 2.33 bits per heavy atom. The second-order valence-electron chi connectivity index (χ2n) is 2.50. The fourth-order valence-electron chi connectivity index (χ4n) is 0.950. The van der Waals surface area contributed by atoms with Gasteiger partial charge in [-0.2, -0.15) is 0 Å². The minimum Gasteiger partial charge on any atom is -0.383 e. The number of carbonyl (C=O) groups excluding carboxylic acids is 1. The largest absolute Gasteiger partial charge is 0.383 e. The van der Waals surface area contributed by atoms with Gasteiger partial charge in [0.2, 0.25) is 5.91 Å². The molecule has 52 valence electrons. The van der Waals surface area contributed by atoms with Crippen LogP contribution in [0.2, 0.25) is 0 Å². The maximum Gasteiger partial charge on any atom is 0.249 e. The highest BCUT2D eigenvalue weighted by Gasteiger charge is 2.22. The van der Waals surface area contributed by atoms with Crippen molar-refractivity contribution in [1.82, 2.24) is 5.32 Å². The number of aliphatic hydroxyl groups excluding tert-OH is 1. The summed E-state index contributed by atoms with van der Waals surface area (Å²) in [6, 6.07) is 0.237. The smallest absolute Gasteiger partial charge is 0.249 e. The Morgan fingerprint density at radius 1 is 1.67 bits per heavy atom. The number of piperidine rings is 1. The Hall–Kier alpha value is -0.570. The molecule has 3 nitrogen and oxygen atoms in total. The van der Waals surface area contributed by atoms with Crippen LogP contribution in [0.25, 0.3) is 0 Å². The van der Waals surface area contributed by atoms with Crippen LogP contribution >= 0.6 is 0 Å². The molecule has 3 heteroatoms. The van der Waals surface area contributed by atoms with Crippen molar-refractivity contribution in [2.75, 3.05) is 0 Å². The van der Waals surface area contributed by atoms with Crippen molar-refractivity contribution in [3.63, 3.8) is 0 Å². The van der Waals surface area contributed by atoms with E-state index in [9.17, 15) is 4.79 Å². The van der Waals surface area contributed by atoms with Gasteiger partial charge in [-0.25, -0.2) is 0 Å². The lowest BCUT2D eigenvalue weighted by molar-refractivity contribution is -0.132. The van der Waals surface area contributed by atoms with E-state index in [4.69, 9.17) is 5.11 Å². The molecule has 1 heterocycles. The summed E-state index contributed by atoms with van der Waals surface area (Å²) in [5.41, 5.74) is 0. The second kappa shape index (κ2) is 2.35. The highest BCUT2D eigenvalue weighted by atomic mass is 16.3. The first-order valence-corrected chi connectivity index (χ1v) is 3.18. The topological polar surface area (TPSA) is 49.3 Å². The van der Waals surface area contributed by atoms with Crippen LogP contribution < -0.4 is 5.32 Å². The summed E-state index contributed by atoms with van der Waals surface area (Å²) in [6.45, 7) is 1.93. The molecule has 0 unspecified atom stereocenters. The van der Waals surface area contributed by atoms with Gasteiger partial charge < -0.3 is 10.4 Å². The molecule has 0 aliphatic carbocycles. The average Bonchev–Trinajstić information content (AvgIpc) is 1.80. The third-order valence-electron chi connectivity index (χ3n) is 1.56. The van der Waals surface area contributed by atoms with Gasteiger partial charge in [-0.15, -0.1) is 0 Å². The fourth-order valence-corrected chi connectivity index (χ4v) is 0.950. The normalized spacial score (nSPS) is 36.0. The number of nitrogens with one attached hydrogen (secondary N) is 1. The van der Waals surface area contributed by atoms with Crippen LogP contribution in [-0.4, -0.2) is 23.2 Å². The number of rotatable bonds is 0. The lowest BCUT2D eigenvalue weighted by Gasteiger charge is -2.22. The molecule has 1 saturated heterocycles. The summed E-state index contributed by atoms with van der Waals surface area (Å²) in [5.74, 6) is -0.228. The van der Waals surface area contributed by atoms with E-state index in [1.807, 2.05) is 6.92 Å². The van der Waals surface area contributed by atoms with Crippen molar-refractivity contribution in [3.05, 3.63) is 0 Å². The van der Waals surface area contributed by atoms with Gasteiger partial charge in [-0.3, -0.25) is 4.79 Å². The van der Waals surface area contributed by atoms with Crippen LogP contribution in [-0.2, 0) is 4.79 Å². The maximum absolute atomic E-state index is 10.6. The summed E-state index contributed by atoms with van der Waals surface area (Å²) in [7, 11) is 0. The zero-order valence-electron chi connectivity index (χ0n) is 5.42. The van der Waals surface area contributed by atoms with Crippen molar-refractivity contribution >= 4 is 5.91 Å². The van der Waals surface area contributed by atoms with Crippen LogP contribution in [0.15, 0.2) is 0 Å². The molecule has 0 radical (unpaired) electrons. The molecule has 2 atom stereocenters. The molecule has 0 saturated carbocycles. The van der Waals surface area contributed by atoms with Crippen molar-refractivity contribution in [2.24, 2.45) is 0 Å².